The molecule has 4 heteroatoms. The van der Waals surface area contributed by atoms with E-state index in [1.807, 2.05) is 6.07 Å². The molecular weight excluding hydrogens is 260 g/mol. The summed E-state index contributed by atoms with van der Waals surface area (Å²) in [5.74, 6) is 2.85. The molecule has 1 unspecified atom stereocenters. The first-order valence-electron chi connectivity index (χ1n) is 8.52. The molecule has 0 spiro atoms. The van der Waals surface area contributed by atoms with E-state index in [-0.39, 0.29) is 0 Å². The van der Waals surface area contributed by atoms with Crippen molar-refractivity contribution < 1.29 is 0 Å². The van der Waals surface area contributed by atoms with E-state index in [4.69, 9.17) is 0 Å². The predicted octanol–water partition coefficient (Wildman–Crippen LogP) is 3.62. The molecule has 0 bridgehead atoms. The first kappa shape index (κ1) is 16.2. The van der Waals surface area contributed by atoms with Gasteiger partial charge in [-0.25, -0.2) is 9.97 Å². The lowest BCUT2D eigenvalue weighted by Gasteiger charge is -2.19. The van der Waals surface area contributed by atoms with Crippen LogP contribution in [0, 0.1) is 12.8 Å². The zero-order chi connectivity index (χ0) is 15.1. The Morgan fingerprint density at radius 1 is 1.24 bits per heavy atom. The number of aryl methyl sites for hydroxylation is 1. The van der Waals surface area contributed by atoms with Crippen molar-refractivity contribution in [1.82, 2.24) is 14.9 Å². The van der Waals surface area contributed by atoms with Crippen molar-refractivity contribution in [1.29, 1.82) is 0 Å². The fourth-order valence-electron chi connectivity index (χ4n) is 3.04. The quantitative estimate of drug-likeness (QED) is 0.869. The first-order chi connectivity index (χ1) is 10.2. The molecule has 21 heavy (non-hydrogen) atoms. The van der Waals surface area contributed by atoms with E-state index in [1.165, 1.54) is 38.8 Å². The fourth-order valence-corrected chi connectivity index (χ4v) is 3.04. The van der Waals surface area contributed by atoms with Crippen LogP contribution in [0.15, 0.2) is 6.07 Å². The first-order valence-corrected chi connectivity index (χ1v) is 8.52. The number of hydrogen-bond acceptors (Lipinski definition) is 4. The largest absolute Gasteiger partial charge is 0.370 e. The summed E-state index contributed by atoms with van der Waals surface area (Å²) in [6.45, 7) is 10.8. The highest BCUT2D eigenvalue weighted by Crippen LogP contribution is 2.21. The van der Waals surface area contributed by atoms with Crippen molar-refractivity contribution in [3.8, 4) is 0 Å². The normalized spacial score (nSPS) is 20.2. The standard InChI is InChI=1S/C17H30N4/c1-4-9-18-16-12-14(3)19-17(20-16)13-21-10-6-7-15(5-2)8-11-21/h12,15H,4-11,13H2,1-3H3,(H,18,19,20). The summed E-state index contributed by atoms with van der Waals surface area (Å²) < 4.78 is 0. The molecular formula is C17H30N4. The third kappa shape index (κ3) is 5.27. The van der Waals surface area contributed by atoms with E-state index in [2.05, 4.69) is 41.0 Å². The number of rotatable bonds is 6. The topological polar surface area (TPSA) is 41.1 Å². The Balaban J connectivity index is 1.96. The van der Waals surface area contributed by atoms with Gasteiger partial charge in [0.25, 0.3) is 0 Å². The molecule has 118 valence electrons. The van der Waals surface area contributed by atoms with Crippen molar-refractivity contribution in [2.75, 3.05) is 25.0 Å². The molecule has 0 aromatic carbocycles. The number of nitrogens with one attached hydrogen (secondary N) is 1. The van der Waals surface area contributed by atoms with Crippen molar-refractivity contribution >= 4 is 5.82 Å². The number of aromatic nitrogens is 2. The summed E-state index contributed by atoms with van der Waals surface area (Å²) >= 11 is 0. The molecule has 1 saturated heterocycles. The molecule has 1 aromatic rings. The summed E-state index contributed by atoms with van der Waals surface area (Å²) in [6.07, 6.45) is 6.45. The molecule has 1 N–H and O–H groups in total. The number of hydrogen-bond donors (Lipinski definition) is 1. The van der Waals surface area contributed by atoms with Gasteiger partial charge in [0.15, 0.2) is 0 Å². The number of nitrogens with zero attached hydrogens (tertiary/aromatic N) is 3. The van der Waals surface area contributed by atoms with Crippen LogP contribution in [-0.4, -0.2) is 34.5 Å². The lowest BCUT2D eigenvalue weighted by Crippen LogP contribution is -2.25. The van der Waals surface area contributed by atoms with Gasteiger partial charge >= 0.3 is 0 Å². The van der Waals surface area contributed by atoms with Crippen molar-refractivity contribution in [2.45, 2.75) is 59.4 Å². The lowest BCUT2D eigenvalue weighted by atomic mass is 9.98. The Kier molecular flexibility index (Phi) is 6.43. The molecule has 2 heterocycles. The maximum Gasteiger partial charge on any atom is 0.144 e. The van der Waals surface area contributed by atoms with Gasteiger partial charge in [-0.3, -0.25) is 4.90 Å². The van der Waals surface area contributed by atoms with Crippen molar-refractivity contribution in [3.05, 3.63) is 17.6 Å². The third-order valence-corrected chi connectivity index (χ3v) is 4.34. The van der Waals surface area contributed by atoms with Crippen LogP contribution in [0.1, 0.15) is 57.5 Å². The zero-order valence-electron chi connectivity index (χ0n) is 13.9. The van der Waals surface area contributed by atoms with Gasteiger partial charge in [0.05, 0.1) is 6.54 Å². The fraction of sp³-hybridized carbons (Fsp3) is 0.765. The maximum atomic E-state index is 4.67. The second kappa shape index (κ2) is 8.32. The molecule has 2 rings (SSSR count). The molecule has 1 aromatic heterocycles. The van der Waals surface area contributed by atoms with Crippen molar-refractivity contribution in [3.63, 3.8) is 0 Å². The Bertz CT molecular complexity index is 433. The molecule has 0 saturated carbocycles. The van der Waals surface area contributed by atoms with Gasteiger partial charge in [0.1, 0.15) is 11.6 Å². The van der Waals surface area contributed by atoms with Gasteiger partial charge in [-0.1, -0.05) is 20.3 Å². The molecule has 1 aliphatic heterocycles. The molecule has 0 amide bonds. The molecule has 0 aliphatic carbocycles. The number of anilines is 1. The van der Waals surface area contributed by atoms with Gasteiger partial charge in [0.2, 0.25) is 0 Å². The molecule has 1 aliphatic rings. The van der Waals surface area contributed by atoms with Crippen LogP contribution in [-0.2, 0) is 6.54 Å². The van der Waals surface area contributed by atoms with E-state index in [0.717, 1.165) is 42.8 Å². The summed E-state index contributed by atoms with van der Waals surface area (Å²) in [7, 11) is 0. The second-order valence-electron chi connectivity index (χ2n) is 6.22. The highest BCUT2D eigenvalue weighted by molar-refractivity contribution is 5.35. The van der Waals surface area contributed by atoms with E-state index in [9.17, 15) is 0 Å². The molecule has 0 radical (unpaired) electrons. The smallest absolute Gasteiger partial charge is 0.144 e. The van der Waals surface area contributed by atoms with Gasteiger partial charge in [-0.15, -0.1) is 0 Å². The van der Waals surface area contributed by atoms with Crippen LogP contribution in [0.25, 0.3) is 0 Å². The van der Waals surface area contributed by atoms with E-state index in [1.54, 1.807) is 0 Å². The Morgan fingerprint density at radius 3 is 2.86 bits per heavy atom. The lowest BCUT2D eigenvalue weighted by molar-refractivity contribution is 0.265. The monoisotopic (exact) mass is 290 g/mol. The van der Waals surface area contributed by atoms with Gasteiger partial charge in [-0.2, -0.15) is 0 Å². The second-order valence-corrected chi connectivity index (χ2v) is 6.22. The van der Waals surface area contributed by atoms with E-state index in [0.29, 0.717) is 0 Å². The Labute approximate surface area is 129 Å². The minimum atomic E-state index is 0.888. The summed E-state index contributed by atoms with van der Waals surface area (Å²) in [4.78, 5) is 11.8. The Morgan fingerprint density at radius 2 is 2.10 bits per heavy atom. The third-order valence-electron chi connectivity index (χ3n) is 4.34. The van der Waals surface area contributed by atoms with Gasteiger partial charge in [-0.05, 0) is 51.6 Å². The highest BCUT2D eigenvalue weighted by atomic mass is 15.2. The molecule has 1 fully saturated rings. The molecule has 1 atom stereocenters. The summed E-state index contributed by atoms with van der Waals surface area (Å²) in [5, 5.41) is 3.37. The van der Waals surface area contributed by atoms with Gasteiger partial charge in [0, 0.05) is 18.3 Å². The predicted molar refractivity (Wildman–Crippen MR) is 88.5 cm³/mol. The van der Waals surface area contributed by atoms with Crippen LogP contribution < -0.4 is 5.32 Å². The minimum absolute atomic E-state index is 0.888. The SMILES string of the molecule is CCCNc1cc(C)nc(CN2CCCC(CC)CC2)n1. The summed E-state index contributed by atoms with van der Waals surface area (Å²) in [5.41, 5.74) is 1.06. The van der Waals surface area contributed by atoms with Crippen LogP contribution in [0.4, 0.5) is 5.82 Å². The van der Waals surface area contributed by atoms with Gasteiger partial charge < -0.3 is 5.32 Å². The highest BCUT2D eigenvalue weighted by Gasteiger charge is 2.16. The van der Waals surface area contributed by atoms with Crippen LogP contribution >= 0.6 is 0 Å². The molecule has 4 nitrogen and oxygen atoms in total. The maximum absolute atomic E-state index is 4.67. The summed E-state index contributed by atoms with van der Waals surface area (Å²) in [6, 6.07) is 2.04. The van der Waals surface area contributed by atoms with Crippen LogP contribution in [0.5, 0.6) is 0 Å². The zero-order valence-corrected chi connectivity index (χ0v) is 13.9. The number of likely N-dealkylation sites (tertiary alicyclic amines) is 1. The minimum Gasteiger partial charge on any atom is -0.370 e. The van der Waals surface area contributed by atoms with Crippen LogP contribution in [0.3, 0.4) is 0 Å². The Hall–Kier alpha value is -1.16. The average Bonchev–Trinajstić information content (AvgIpc) is 2.69. The average molecular weight is 290 g/mol. The van der Waals surface area contributed by atoms with E-state index >= 15 is 0 Å². The van der Waals surface area contributed by atoms with E-state index < -0.39 is 0 Å². The van der Waals surface area contributed by atoms with Crippen LogP contribution in [0.2, 0.25) is 0 Å². The van der Waals surface area contributed by atoms with Crippen molar-refractivity contribution in [2.24, 2.45) is 5.92 Å².